The number of aromatic nitrogens is 1. The van der Waals surface area contributed by atoms with Gasteiger partial charge in [0.25, 0.3) is 0 Å². The molecule has 2 rings (SSSR count). The first-order valence-corrected chi connectivity index (χ1v) is 5.79. The molecule has 0 radical (unpaired) electrons. The van der Waals surface area contributed by atoms with E-state index in [1.54, 1.807) is 12.3 Å². The Balaban J connectivity index is 2.31. The van der Waals surface area contributed by atoms with E-state index in [0.29, 0.717) is 5.69 Å². The lowest BCUT2D eigenvalue weighted by Gasteiger charge is -2.15. The van der Waals surface area contributed by atoms with Crippen LogP contribution in [0.25, 0.3) is 0 Å². The van der Waals surface area contributed by atoms with E-state index in [-0.39, 0.29) is 5.56 Å². The highest BCUT2D eigenvalue weighted by Crippen LogP contribution is 2.23. The minimum absolute atomic E-state index is 0.151. The molecular weight excluding hydrogens is 242 g/mol. The quantitative estimate of drug-likeness (QED) is 0.881. The van der Waals surface area contributed by atoms with Crippen LogP contribution in [0.3, 0.4) is 0 Å². The summed E-state index contributed by atoms with van der Waals surface area (Å²) in [6, 6.07) is 9.38. The number of nitrogens with zero attached hydrogens (tertiary/aromatic N) is 2. The van der Waals surface area contributed by atoms with Crippen molar-refractivity contribution in [2.24, 2.45) is 0 Å². The van der Waals surface area contributed by atoms with Gasteiger partial charge in [-0.1, -0.05) is 6.07 Å². The molecule has 0 fully saturated rings. The Morgan fingerprint density at radius 1 is 1.32 bits per heavy atom. The molecule has 19 heavy (non-hydrogen) atoms. The summed E-state index contributed by atoms with van der Waals surface area (Å²) in [6.45, 7) is 0. The van der Waals surface area contributed by atoms with Gasteiger partial charge in [-0.15, -0.1) is 0 Å². The Bertz CT molecular complexity index is 597. The lowest BCUT2D eigenvalue weighted by Crippen LogP contribution is -2.09. The second-order valence-corrected chi connectivity index (χ2v) is 4.30. The molecule has 0 saturated carbocycles. The third-order valence-electron chi connectivity index (χ3n) is 2.69. The number of carbonyl (C=O) groups is 1. The van der Waals surface area contributed by atoms with E-state index in [1.807, 2.05) is 43.3 Å². The van der Waals surface area contributed by atoms with Crippen LogP contribution >= 0.6 is 0 Å². The highest BCUT2D eigenvalue weighted by Gasteiger charge is 2.10. The van der Waals surface area contributed by atoms with Crippen LogP contribution in [-0.4, -0.2) is 30.2 Å². The lowest BCUT2D eigenvalue weighted by atomic mass is 10.2. The number of hydrogen-bond donors (Lipinski definition) is 2. The zero-order valence-electron chi connectivity index (χ0n) is 10.8. The monoisotopic (exact) mass is 257 g/mol. The Kier molecular flexibility index (Phi) is 3.66. The van der Waals surface area contributed by atoms with E-state index < -0.39 is 5.97 Å². The zero-order valence-corrected chi connectivity index (χ0v) is 10.8. The summed E-state index contributed by atoms with van der Waals surface area (Å²) in [5.41, 5.74) is 2.55. The van der Waals surface area contributed by atoms with Crippen LogP contribution in [0.4, 0.5) is 17.1 Å². The van der Waals surface area contributed by atoms with Gasteiger partial charge in [-0.2, -0.15) is 0 Å². The molecule has 0 bridgehead atoms. The van der Waals surface area contributed by atoms with Crippen molar-refractivity contribution in [2.75, 3.05) is 24.3 Å². The van der Waals surface area contributed by atoms with Crippen molar-refractivity contribution in [3.8, 4) is 0 Å². The van der Waals surface area contributed by atoms with Gasteiger partial charge in [-0.05, 0) is 24.3 Å². The largest absolute Gasteiger partial charge is 0.478 e. The van der Waals surface area contributed by atoms with Crippen molar-refractivity contribution in [2.45, 2.75) is 0 Å². The Morgan fingerprint density at radius 3 is 2.79 bits per heavy atom. The van der Waals surface area contributed by atoms with Gasteiger partial charge < -0.3 is 15.3 Å². The normalized spacial score (nSPS) is 10.0. The van der Waals surface area contributed by atoms with Gasteiger partial charge in [-0.3, -0.25) is 4.98 Å². The molecule has 0 aliphatic carbocycles. The molecule has 2 N–H and O–H groups in total. The average molecular weight is 257 g/mol. The van der Waals surface area contributed by atoms with Crippen LogP contribution in [0.15, 0.2) is 42.7 Å². The summed E-state index contributed by atoms with van der Waals surface area (Å²) in [4.78, 5) is 16.9. The van der Waals surface area contributed by atoms with Gasteiger partial charge in [0.05, 0.1) is 5.69 Å². The molecule has 0 spiro atoms. The molecular formula is C14H15N3O2. The summed E-state index contributed by atoms with van der Waals surface area (Å²) in [6.07, 6.45) is 2.89. The van der Waals surface area contributed by atoms with Crippen LogP contribution in [-0.2, 0) is 0 Å². The number of carboxylic acid groups (broad SMARTS) is 1. The standard InChI is InChI=1S/C14H15N3O2/c1-17(2)11-5-3-4-10(8-11)16-13-6-7-15-9-12(13)14(18)19/h3-9H,1-2H3,(H,15,16)(H,18,19). The third-order valence-corrected chi connectivity index (χ3v) is 2.69. The number of hydrogen-bond acceptors (Lipinski definition) is 4. The van der Waals surface area contributed by atoms with E-state index >= 15 is 0 Å². The smallest absolute Gasteiger partial charge is 0.339 e. The van der Waals surface area contributed by atoms with E-state index in [2.05, 4.69) is 10.3 Å². The number of carboxylic acids is 1. The minimum Gasteiger partial charge on any atom is -0.478 e. The molecule has 0 aliphatic heterocycles. The maximum atomic E-state index is 11.1. The Labute approximate surface area is 111 Å². The highest BCUT2D eigenvalue weighted by atomic mass is 16.4. The molecule has 0 atom stereocenters. The molecule has 0 aliphatic rings. The molecule has 5 heteroatoms. The Hall–Kier alpha value is -2.56. The SMILES string of the molecule is CN(C)c1cccc(Nc2ccncc2C(=O)O)c1. The number of pyridine rings is 1. The fourth-order valence-corrected chi connectivity index (χ4v) is 1.69. The third kappa shape index (κ3) is 3.01. The van der Waals surface area contributed by atoms with Crippen LogP contribution in [0.5, 0.6) is 0 Å². The molecule has 98 valence electrons. The van der Waals surface area contributed by atoms with Crippen LogP contribution in [0.2, 0.25) is 0 Å². The lowest BCUT2D eigenvalue weighted by molar-refractivity contribution is 0.0697. The molecule has 0 unspecified atom stereocenters. The van der Waals surface area contributed by atoms with Crippen molar-refractivity contribution in [1.29, 1.82) is 0 Å². The minimum atomic E-state index is -1.00. The van der Waals surface area contributed by atoms with E-state index in [1.165, 1.54) is 6.20 Å². The van der Waals surface area contributed by atoms with Crippen LogP contribution < -0.4 is 10.2 Å². The van der Waals surface area contributed by atoms with Gasteiger partial charge in [0.1, 0.15) is 5.56 Å². The number of nitrogens with one attached hydrogen (secondary N) is 1. The van der Waals surface area contributed by atoms with Gasteiger partial charge in [-0.25, -0.2) is 4.79 Å². The van der Waals surface area contributed by atoms with Gasteiger partial charge >= 0.3 is 5.97 Å². The number of anilines is 3. The van der Waals surface area contributed by atoms with E-state index in [0.717, 1.165) is 11.4 Å². The Morgan fingerprint density at radius 2 is 2.11 bits per heavy atom. The topological polar surface area (TPSA) is 65.5 Å². The molecule has 1 aromatic heterocycles. The predicted octanol–water partition coefficient (Wildman–Crippen LogP) is 2.59. The first-order chi connectivity index (χ1) is 9.08. The molecule has 0 amide bonds. The molecule has 2 aromatic rings. The summed E-state index contributed by atoms with van der Waals surface area (Å²) in [5, 5.41) is 12.2. The zero-order chi connectivity index (χ0) is 13.8. The van der Waals surface area contributed by atoms with Crippen molar-refractivity contribution in [1.82, 2.24) is 4.98 Å². The van der Waals surface area contributed by atoms with Crippen LogP contribution in [0.1, 0.15) is 10.4 Å². The van der Waals surface area contributed by atoms with Gasteiger partial charge in [0, 0.05) is 37.9 Å². The predicted molar refractivity (Wildman–Crippen MR) is 75.2 cm³/mol. The number of benzene rings is 1. The number of rotatable bonds is 4. The van der Waals surface area contributed by atoms with Crippen molar-refractivity contribution >= 4 is 23.0 Å². The first-order valence-electron chi connectivity index (χ1n) is 5.79. The molecule has 0 saturated heterocycles. The van der Waals surface area contributed by atoms with Crippen molar-refractivity contribution < 1.29 is 9.90 Å². The fourth-order valence-electron chi connectivity index (χ4n) is 1.69. The molecule has 5 nitrogen and oxygen atoms in total. The maximum Gasteiger partial charge on any atom is 0.339 e. The van der Waals surface area contributed by atoms with Crippen molar-refractivity contribution in [3.63, 3.8) is 0 Å². The summed E-state index contributed by atoms with van der Waals surface area (Å²) in [7, 11) is 3.91. The first kappa shape index (κ1) is 12.9. The van der Waals surface area contributed by atoms with E-state index in [9.17, 15) is 4.79 Å². The maximum absolute atomic E-state index is 11.1. The molecule has 1 aromatic carbocycles. The highest BCUT2D eigenvalue weighted by molar-refractivity contribution is 5.94. The summed E-state index contributed by atoms with van der Waals surface area (Å²) >= 11 is 0. The second-order valence-electron chi connectivity index (χ2n) is 4.30. The van der Waals surface area contributed by atoms with Gasteiger partial charge in [0.2, 0.25) is 0 Å². The molecule has 1 heterocycles. The second kappa shape index (κ2) is 5.39. The van der Waals surface area contributed by atoms with E-state index in [4.69, 9.17) is 5.11 Å². The van der Waals surface area contributed by atoms with Crippen LogP contribution in [0, 0.1) is 0 Å². The summed E-state index contributed by atoms with van der Waals surface area (Å²) in [5.74, 6) is -1.00. The number of aromatic carboxylic acids is 1. The van der Waals surface area contributed by atoms with Crippen molar-refractivity contribution in [3.05, 3.63) is 48.3 Å². The summed E-state index contributed by atoms with van der Waals surface area (Å²) < 4.78 is 0. The van der Waals surface area contributed by atoms with Gasteiger partial charge in [0.15, 0.2) is 0 Å². The fraction of sp³-hybridized carbons (Fsp3) is 0.143. The average Bonchev–Trinajstić information content (AvgIpc) is 2.39.